The molecule has 10 heteroatoms. The molecule has 2 fully saturated rings. The van der Waals surface area contributed by atoms with Crippen molar-refractivity contribution in [3.8, 4) is 0 Å². The Morgan fingerprint density at radius 2 is 1.75 bits per heavy atom. The summed E-state index contributed by atoms with van der Waals surface area (Å²) in [6, 6.07) is 9.23. The quantitative estimate of drug-likeness (QED) is 0.445. The van der Waals surface area contributed by atoms with Crippen LogP contribution in [-0.2, 0) is 15.6 Å². The van der Waals surface area contributed by atoms with Crippen molar-refractivity contribution in [3.63, 3.8) is 0 Å². The normalized spacial score (nSPS) is 19.1. The Hall–Kier alpha value is -2.53. The lowest BCUT2D eigenvalue weighted by Gasteiger charge is -2.34. The Morgan fingerprint density at radius 3 is 2.33 bits per heavy atom. The molecule has 2 aliphatic rings. The molecule has 0 bridgehead atoms. The molecule has 1 aromatic carbocycles. The van der Waals surface area contributed by atoms with Gasteiger partial charge in [0.05, 0.1) is 22.8 Å². The lowest BCUT2D eigenvalue weighted by Crippen LogP contribution is -2.40. The Kier molecular flexibility index (Phi) is 6.93. The minimum absolute atomic E-state index is 0.0497. The third kappa shape index (κ3) is 5.88. The summed E-state index contributed by atoms with van der Waals surface area (Å²) in [4.78, 5) is 20.1. The van der Waals surface area contributed by atoms with Gasteiger partial charge in [-0.1, -0.05) is 6.07 Å². The molecule has 1 saturated carbocycles. The van der Waals surface area contributed by atoms with Crippen LogP contribution < -0.4 is 14.9 Å². The lowest BCUT2D eigenvalue weighted by molar-refractivity contribution is -0.00581. The van der Waals surface area contributed by atoms with Gasteiger partial charge < -0.3 is 20.4 Å². The van der Waals surface area contributed by atoms with Crippen molar-refractivity contribution in [2.24, 2.45) is 5.41 Å². The van der Waals surface area contributed by atoms with Crippen LogP contribution in [0.2, 0.25) is 0 Å². The zero-order valence-corrected chi connectivity index (χ0v) is 22.2. The highest BCUT2D eigenvalue weighted by Crippen LogP contribution is 2.54. The second-order valence-electron chi connectivity index (χ2n) is 11.3. The van der Waals surface area contributed by atoms with Gasteiger partial charge in [-0.05, 0) is 89.1 Å². The molecule has 1 saturated heterocycles. The molecule has 1 spiro atoms. The standard InChI is InChI=1S/C26H36N4O5S/c1-24(2,3)29-36(34,35)19-7-5-6-18(16-19)27-23(32)20-8-9-21(25(4,33)17-31)28-22(20)30-14-12-26(10-11-26)13-15-30/h5-9,16,29,31,33H,10-15,17H2,1-4H3,(H,27,32). The third-order valence-corrected chi connectivity index (χ3v) is 8.66. The number of hydrogen-bond donors (Lipinski definition) is 4. The van der Waals surface area contributed by atoms with Crippen LogP contribution >= 0.6 is 0 Å². The van der Waals surface area contributed by atoms with E-state index in [1.165, 1.54) is 38.0 Å². The summed E-state index contributed by atoms with van der Waals surface area (Å²) in [6.07, 6.45) is 4.53. The number of aliphatic hydroxyl groups is 2. The van der Waals surface area contributed by atoms with Crippen LogP contribution in [0.5, 0.6) is 0 Å². The van der Waals surface area contributed by atoms with Crippen LogP contribution in [0.3, 0.4) is 0 Å². The Labute approximate surface area is 213 Å². The van der Waals surface area contributed by atoms with Crippen molar-refractivity contribution in [3.05, 3.63) is 47.7 Å². The zero-order valence-electron chi connectivity index (χ0n) is 21.3. The first-order chi connectivity index (χ1) is 16.7. The molecule has 1 aliphatic carbocycles. The van der Waals surface area contributed by atoms with Crippen molar-refractivity contribution in [2.75, 3.05) is 29.9 Å². The molecule has 9 nitrogen and oxygen atoms in total. The molecule has 4 rings (SSSR count). The molecule has 1 atom stereocenters. The van der Waals surface area contributed by atoms with E-state index in [1.54, 1.807) is 39.0 Å². The van der Waals surface area contributed by atoms with Gasteiger partial charge in [-0.2, -0.15) is 0 Å². The topological polar surface area (TPSA) is 132 Å². The van der Waals surface area contributed by atoms with Crippen LogP contribution in [-0.4, -0.2) is 54.8 Å². The van der Waals surface area contributed by atoms with Gasteiger partial charge in [-0.3, -0.25) is 4.79 Å². The van der Waals surface area contributed by atoms with Crippen molar-refractivity contribution >= 4 is 27.4 Å². The maximum Gasteiger partial charge on any atom is 0.259 e. The highest BCUT2D eigenvalue weighted by atomic mass is 32.2. The van der Waals surface area contributed by atoms with E-state index < -0.39 is 33.7 Å². The first-order valence-corrected chi connectivity index (χ1v) is 13.8. The number of anilines is 2. The molecule has 0 radical (unpaired) electrons. The maximum absolute atomic E-state index is 13.4. The molecular formula is C26H36N4O5S. The van der Waals surface area contributed by atoms with Gasteiger partial charge in [0.25, 0.3) is 5.91 Å². The molecule has 196 valence electrons. The summed E-state index contributed by atoms with van der Waals surface area (Å²) in [5.41, 5.74) is -0.821. The van der Waals surface area contributed by atoms with E-state index in [4.69, 9.17) is 0 Å². The lowest BCUT2D eigenvalue weighted by atomic mass is 9.93. The largest absolute Gasteiger partial charge is 0.393 e. The fourth-order valence-corrected chi connectivity index (χ4v) is 5.98. The zero-order chi connectivity index (χ0) is 26.4. The molecule has 36 heavy (non-hydrogen) atoms. The molecule has 2 aromatic rings. The van der Waals surface area contributed by atoms with Gasteiger partial charge >= 0.3 is 0 Å². The van der Waals surface area contributed by atoms with Crippen LogP contribution in [0.25, 0.3) is 0 Å². The highest BCUT2D eigenvalue weighted by Gasteiger charge is 2.45. The number of hydrogen-bond acceptors (Lipinski definition) is 7. The van der Waals surface area contributed by atoms with E-state index in [0.717, 1.165) is 25.9 Å². The first kappa shape index (κ1) is 26.5. The summed E-state index contributed by atoms with van der Waals surface area (Å²) in [5, 5.41) is 23.0. The van der Waals surface area contributed by atoms with Crippen molar-refractivity contribution in [2.45, 2.75) is 69.4 Å². The van der Waals surface area contributed by atoms with E-state index in [-0.39, 0.29) is 10.6 Å². The number of nitrogens with zero attached hydrogens (tertiary/aromatic N) is 2. The van der Waals surface area contributed by atoms with E-state index >= 15 is 0 Å². The van der Waals surface area contributed by atoms with Crippen LogP contribution in [0.15, 0.2) is 41.3 Å². The Bertz CT molecular complexity index is 1240. The molecule has 2 heterocycles. The smallest absolute Gasteiger partial charge is 0.259 e. The third-order valence-electron chi connectivity index (χ3n) is 6.90. The van der Waals surface area contributed by atoms with Crippen LogP contribution in [0, 0.1) is 5.41 Å². The number of carbonyl (C=O) groups excluding carboxylic acids is 1. The number of aliphatic hydroxyl groups excluding tert-OH is 1. The molecule has 1 aliphatic heterocycles. The van der Waals surface area contributed by atoms with Gasteiger partial charge in [0.2, 0.25) is 10.0 Å². The van der Waals surface area contributed by atoms with E-state index in [1.807, 2.05) is 0 Å². The number of pyridine rings is 1. The molecule has 1 unspecified atom stereocenters. The van der Waals surface area contributed by atoms with E-state index in [0.29, 0.717) is 22.5 Å². The molecule has 1 amide bonds. The molecule has 4 N–H and O–H groups in total. The first-order valence-electron chi connectivity index (χ1n) is 12.3. The summed E-state index contributed by atoms with van der Waals surface area (Å²) in [6.45, 7) is 7.76. The SMILES string of the molecule is CC(C)(C)NS(=O)(=O)c1cccc(NC(=O)c2ccc(C(C)(O)CO)nc2N2CCC3(CC2)CC3)c1. The van der Waals surface area contributed by atoms with Gasteiger partial charge in [-0.25, -0.2) is 18.1 Å². The number of nitrogens with one attached hydrogen (secondary N) is 2. The Balaban J connectivity index is 1.62. The number of sulfonamides is 1. The van der Waals surface area contributed by atoms with E-state index in [9.17, 15) is 23.4 Å². The average Bonchev–Trinajstić information content (AvgIpc) is 3.56. The van der Waals surface area contributed by atoms with Crippen molar-refractivity contribution in [1.82, 2.24) is 9.71 Å². The number of amides is 1. The summed E-state index contributed by atoms with van der Waals surface area (Å²) < 4.78 is 28.1. The monoisotopic (exact) mass is 516 g/mol. The number of rotatable bonds is 7. The Morgan fingerprint density at radius 1 is 1.08 bits per heavy atom. The minimum atomic E-state index is -3.77. The molecular weight excluding hydrogens is 480 g/mol. The summed E-state index contributed by atoms with van der Waals surface area (Å²) in [5.74, 6) is 0.0186. The number of benzene rings is 1. The van der Waals surface area contributed by atoms with Crippen LogP contribution in [0.4, 0.5) is 11.5 Å². The van der Waals surface area contributed by atoms with Gasteiger partial charge in [0, 0.05) is 24.3 Å². The average molecular weight is 517 g/mol. The minimum Gasteiger partial charge on any atom is -0.393 e. The predicted octanol–water partition coefficient (Wildman–Crippen LogP) is 2.99. The van der Waals surface area contributed by atoms with Crippen LogP contribution in [0.1, 0.15) is 69.4 Å². The van der Waals surface area contributed by atoms with Gasteiger partial charge in [-0.15, -0.1) is 0 Å². The number of piperidine rings is 1. The second kappa shape index (κ2) is 9.41. The molecule has 1 aromatic heterocycles. The maximum atomic E-state index is 13.4. The van der Waals surface area contributed by atoms with Crippen molar-refractivity contribution in [1.29, 1.82) is 0 Å². The number of aromatic nitrogens is 1. The fraction of sp³-hybridized carbons (Fsp3) is 0.538. The highest BCUT2D eigenvalue weighted by molar-refractivity contribution is 7.89. The van der Waals surface area contributed by atoms with Crippen molar-refractivity contribution < 1.29 is 23.4 Å². The van der Waals surface area contributed by atoms with Gasteiger partial charge in [0.1, 0.15) is 11.4 Å². The van der Waals surface area contributed by atoms with E-state index in [2.05, 4.69) is 19.9 Å². The van der Waals surface area contributed by atoms with Gasteiger partial charge in [0.15, 0.2) is 0 Å². The predicted molar refractivity (Wildman–Crippen MR) is 138 cm³/mol. The summed E-state index contributed by atoms with van der Waals surface area (Å²) >= 11 is 0. The number of carbonyl (C=O) groups is 1. The fourth-order valence-electron chi connectivity index (χ4n) is 4.52. The summed E-state index contributed by atoms with van der Waals surface area (Å²) in [7, 11) is -3.77. The second-order valence-corrected chi connectivity index (χ2v) is 13.0.